The molecule has 0 spiro atoms. The van der Waals surface area contributed by atoms with E-state index in [0.29, 0.717) is 18.1 Å². The van der Waals surface area contributed by atoms with Crippen LogP contribution in [-0.2, 0) is 10.8 Å². The van der Waals surface area contributed by atoms with Crippen molar-refractivity contribution in [2.45, 2.75) is 32.8 Å². The Morgan fingerprint density at radius 1 is 1.46 bits per heavy atom. The van der Waals surface area contributed by atoms with E-state index in [2.05, 4.69) is 5.32 Å². The molecule has 3 nitrogen and oxygen atoms in total. The molecule has 0 amide bonds. The van der Waals surface area contributed by atoms with Crippen molar-refractivity contribution in [1.82, 2.24) is 5.32 Å². The van der Waals surface area contributed by atoms with Gasteiger partial charge in [0.1, 0.15) is 0 Å². The van der Waals surface area contributed by atoms with Crippen molar-refractivity contribution in [2.75, 3.05) is 24.6 Å². The molecule has 0 aliphatic carbocycles. The average Bonchev–Trinajstić information content (AvgIpc) is 2.12. The fourth-order valence-electron chi connectivity index (χ4n) is 0.813. The zero-order chi connectivity index (χ0) is 10.3. The highest BCUT2D eigenvalue weighted by Gasteiger charge is 2.15. The second-order valence-electron chi connectivity index (χ2n) is 3.46. The van der Waals surface area contributed by atoms with E-state index >= 15 is 0 Å². The zero-order valence-corrected chi connectivity index (χ0v) is 9.62. The van der Waals surface area contributed by atoms with Gasteiger partial charge in [-0.25, -0.2) is 0 Å². The van der Waals surface area contributed by atoms with Gasteiger partial charge in [0.2, 0.25) is 0 Å². The van der Waals surface area contributed by atoms with Crippen LogP contribution in [0.3, 0.4) is 0 Å². The molecule has 0 bridgehead atoms. The lowest BCUT2D eigenvalue weighted by molar-refractivity contribution is 0.0565. The van der Waals surface area contributed by atoms with Crippen molar-refractivity contribution in [3.8, 4) is 0 Å². The summed E-state index contributed by atoms with van der Waals surface area (Å²) in [6, 6.07) is 0. The summed E-state index contributed by atoms with van der Waals surface area (Å²) in [5.74, 6) is 1.39. The summed E-state index contributed by atoms with van der Waals surface area (Å²) in [5, 5.41) is 12.7. The van der Waals surface area contributed by atoms with Gasteiger partial charge in [0.05, 0.1) is 5.60 Å². The SMILES string of the molecule is CCS(=O)CCNCC(C)(O)CC. The zero-order valence-electron chi connectivity index (χ0n) is 8.80. The summed E-state index contributed by atoms with van der Waals surface area (Å²) in [6.07, 6.45) is 0.733. The highest BCUT2D eigenvalue weighted by atomic mass is 32.2. The first-order valence-electron chi connectivity index (χ1n) is 4.80. The molecule has 0 fully saturated rings. The molecule has 0 radical (unpaired) electrons. The van der Waals surface area contributed by atoms with E-state index in [1.165, 1.54) is 0 Å². The second kappa shape index (κ2) is 6.51. The molecule has 0 rings (SSSR count). The standard InChI is InChI=1S/C9H21NO2S/c1-4-9(3,11)8-10-6-7-13(12)5-2/h10-11H,4-8H2,1-3H3. The van der Waals surface area contributed by atoms with Crippen LogP contribution >= 0.6 is 0 Å². The van der Waals surface area contributed by atoms with E-state index in [9.17, 15) is 9.32 Å². The van der Waals surface area contributed by atoms with Crippen molar-refractivity contribution < 1.29 is 9.32 Å². The Morgan fingerprint density at radius 2 is 2.08 bits per heavy atom. The Kier molecular flexibility index (Phi) is 6.55. The third kappa shape index (κ3) is 7.16. The maximum absolute atomic E-state index is 11.0. The number of nitrogens with one attached hydrogen (secondary N) is 1. The number of hydrogen-bond acceptors (Lipinski definition) is 3. The summed E-state index contributed by atoms with van der Waals surface area (Å²) in [4.78, 5) is 0. The lowest BCUT2D eigenvalue weighted by Gasteiger charge is -2.21. The molecule has 0 aromatic rings. The van der Waals surface area contributed by atoms with Crippen molar-refractivity contribution in [2.24, 2.45) is 0 Å². The maximum atomic E-state index is 11.0. The molecule has 4 heteroatoms. The number of rotatable bonds is 7. The first kappa shape index (κ1) is 13.1. The summed E-state index contributed by atoms with van der Waals surface area (Å²) in [6.45, 7) is 6.96. The predicted octanol–water partition coefficient (Wildman–Crippen LogP) is 0.506. The third-order valence-electron chi connectivity index (χ3n) is 2.10. The molecule has 2 N–H and O–H groups in total. The van der Waals surface area contributed by atoms with Crippen LogP contribution in [0.5, 0.6) is 0 Å². The van der Waals surface area contributed by atoms with Crippen LogP contribution in [0.4, 0.5) is 0 Å². The van der Waals surface area contributed by atoms with Gasteiger partial charge in [-0.1, -0.05) is 13.8 Å². The fourth-order valence-corrected chi connectivity index (χ4v) is 1.47. The molecular weight excluding hydrogens is 186 g/mol. The quantitative estimate of drug-likeness (QED) is 0.598. The van der Waals surface area contributed by atoms with Crippen LogP contribution in [0.2, 0.25) is 0 Å². The van der Waals surface area contributed by atoms with Crippen LogP contribution in [-0.4, -0.2) is 39.5 Å². The van der Waals surface area contributed by atoms with E-state index in [0.717, 1.165) is 13.0 Å². The first-order valence-corrected chi connectivity index (χ1v) is 6.28. The van der Waals surface area contributed by atoms with Crippen molar-refractivity contribution in [3.05, 3.63) is 0 Å². The predicted molar refractivity (Wildman–Crippen MR) is 57.3 cm³/mol. The molecule has 0 aromatic heterocycles. The molecule has 0 aliphatic rings. The minimum absolute atomic E-state index is 0.574. The maximum Gasteiger partial charge on any atom is 0.0740 e. The van der Waals surface area contributed by atoms with Crippen LogP contribution in [0, 0.1) is 0 Å². The van der Waals surface area contributed by atoms with Crippen molar-refractivity contribution >= 4 is 10.8 Å². The average molecular weight is 207 g/mol. The van der Waals surface area contributed by atoms with Crippen LogP contribution in [0.15, 0.2) is 0 Å². The Morgan fingerprint density at radius 3 is 2.54 bits per heavy atom. The molecule has 0 heterocycles. The second-order valence-corrected chi connectivity index (χ2v) is 5.33. The van der Waals surface area contributed by atoms with E-state index in [-0.39, 0.29) is 0 Å². The Hall–Kier alpha value is 0.0700. The van der Waals surface area contributed by atoms with Gasteiger partial charge in [0.15, 0.2) is 0 Å². The van der Waals surface area contributed by atoms with Crippen molar-refractivity contribution in [1.29, 1.82) is 0 Å². The van der Waals surface area contributed by atoms with Crippen molar-refractivity contribution in [3.63, 3.8) is 0 Å². The summed E-state index contributed by atoms with van der Waals surface area (Å²) < 4.78 is 11.0. The minimum Gasteiger partial charge on any atom is -0.389 e. The topological polar surface area (TPSA) is 49.3 Å². The normalized spacial score (nSPS) is 18.2. The summed E-state index contributed by atoms with van der Waals surface area (Å²) in [5.41, 5.74) is -0.631. The highest BCUT2D eigenvalue weighted by Crippen LogP contribution is 2.05. The lowest BCUT2D eigenvalue weighted by atomic mass is 10.0. The van der Waals surface area contributed by atoms with Gasteiger partial charge in [-0.2, -0.15) is 0 Å². The van der Waals surface area contributed by atoms with E-state index < -0.39 is 16.4 Å². The van der Waals surface area contributed by atoms with Gasteiger partial charge in [0, 0.05) is 35.4 Å². The van der Waals surface area contributed by atoms with Gasteiger partial charge in [-0.15, -0.1) is 0 Å². The monoisotopic (exact) mass is 207 g/mol. The summed E-state index contributed by atoms with van der Waals surface area (Å²) >= 11 is 0. The Bertz CT molecular complexity index is 160. The van der Waals surface area contributed by atoms with Gasteiger partial charge < -0.3 is 10.4 Å². The molecule has 2 atom stereocenters. The number of aliphatic hydroxyl groups is 1. The smallest absolute Gasteiger partial charge is 0.0740 e. The lowest BCUT2D eigenvalue weighted by Crippen LogP contribution is -2.38. The Balaban J connectivity index is 3.41. The fraction of sp³-hybridized carbons (Fsp3) is 1.00. The number of hydrogen-bond donors (Lipinski definition) is 2. The molecule has 0 saturated carbocycles. The highest BCUT2D eigenvalue weighted by molar-refractivity contribution is 7.84. The van der Waals surface area contributed by atoms with Crippen LogP contribution in [0.1, 0.15) is 27.2 Å². The van der Waals surface area contributed by atoms with Crippen LogP contribution < -0.4 is 5.32 Å². The Labute approximate surface area is 83.4 Å². The minimum atomic E-state index is -0.701. The van der Waals surface area contributed by atoms with Crippen LogP contribution in [0.25, 0.3) is 0 Å². The van der Waals surface area contributed by atoms with Gasteiger partial charge in [-0.3, -0.25) is 4.21 Å². The molecular formula is C9H21NO2S. The molecule has 2 unspecified atom stereocenters. The molecule has 13 heavy (non-hydrogen) atoms. The summed E-state index contributed by atoms with van der Waals surface area (Å²) in [7, 11) is -0.701. The largest absolute Gasteiger partial charge is 0.389 e. The van der Waals surface area contributed by atoms with Gasteiger partial charge in [0.25, 0.3) is 0 Å². The van der Waals surface area contributed by atoms with E-state index in [4.69, 9.17) is 0 Å². The molecule has 0 aliphatic heterocycles. The van der Waals surface area contributed by atoms with Gasteiger partial charge in [-0.05, 0) is 13.3 Å². The first-order chi connectivity index (χ1) is 6.02. The van der Waals surface area contributed by atoms with Gasteiger partial charge >= 0.3 is 0 Å². The van der Waals surface area contributed by atoms with E-state index in [1.54, 1.807) is 6.92 Å². The third-order valence-corrected chi connectivity index (χ3v) is 3.40. The molecule has 0 saturated heterocycles. The molecule has 80 valence electrons. The van der Waals surface area contributed by atoms with E-state index in [1.807, 2.05) is 13.8 Å². The molecule has 0 aromatic carbocycles.